The van der Waals surface area contributed by atoms with Gasteiger partial charge in [-0.3, -0.25) is 0 Å². The molecule has 4 rings (SSSR count). The van der Waals surface area contributed by atoms with Crippen molar-refractivity contribution in [2.75, 3.05) is 7.11 Å². The van der Waals surface area contributed by atoms with Crippen molar-refractivity contribution in [2.45, 2.75) is 17.3 Å². The number of carbonyl (C=O) groups is 1. The summed E-state index contributed by atoms with van der Waals surface area (Å²) in [5.74, 6) is 0.789. The van der Waals surface area contributed by atoms with E-state index in [2.05, 4.69) is 4.98 Å². The Morgan fingerprint density at radius 3 is 2.87 bits per heavy atom. The quantitative estimate of drug-likeness (QED) is 0.230. The predicted octanol–water partition coefficient (Wildman–Crippen LogP) is 4.91. The minimum Gasteiger partial charge on any atom is -0.497 e. The van der Waals surface area contributed by atoms with E-state index in [0.29, 0.717) is 33.6 Å². The van der Waals surface area contributed by atoms with Gasteiger partial charge in [0.25, 0.3) is 0 Å². The van der Waals surface area contributed by atoms with Crippen molar-refractivity contribution in [2.24, 2.45) is 0 Å². The van der Waals surface area contributed by atoms with Crippen LogP contribution in [0, 0.1) is 0 Å². The molecule has 0 aliphatic carbocycles. The van der Waals surface area contributed by atoms with Crippen LogP contribution in [0.2, 0.25) is 0 Å². The van der Waals surface area contributed by atoms with Gasteiger partial charge in [-0.2, -0.15) is 0 Å². The maximum atomic E-state index is 12.8. The highest BCUT2D eigenvalue weighted by Crippen LogP contribution is 2.28. The molecule has 152 valence electrons. The largest absolute Gasteiger partial charge is 0.497 e. The summed E-state index contributed by atoms with van der Waals surface area (Å²) in [7, 11) is 1.54. The summed E-state index contributed by atoms with van der Waals surface area (Å²) >= 11 is 3.07. The lowest BCUT2D eigenvalue weighted by atomic mass is 10.1. The molecule has 8 heteroatoms. The molecule has 0 fully saturated rings. The first-order valence-corrected chi connectivity index (χ1v) is 10.9. The van der Waals surface area contributed by atoms with E-state index in [9.17, 15) is 9.59 Å². The van der Waals surface area contributed by atoms with Crippen molar-refractivity contribution in [1.29, 1.82) is 0 Å². The second-order valence-electron chi connectivity index (χ2n) is 6.29. The van der Waals surface area contributed by atoms with Gasteiger partial charge in [0.05, 0.1) is 23.9 Å². The average Bonchev–Trinajstić information content (AvgIpc) is 3.29. The Morgan fingerprint density at radius 2 is 2.07 bits per heavy atom. The van der Waals surface area contributed by atoms with E-state index in [1.54, 1.807) is 35.8 Å². The Labute approximate surface area is 180 Å². The predicted molar refractivity (Wildman–Crippen MR) is 116 cm³/mol. The number of rotatable bonds is 7. The molecule has 0 N–H and O–H groups in total. The molecule has 0 spiro atoms. The molecule has 2 aromatic carbocycles. The minimum absolute atomic E-state index is 0.0433. The summed E-state index contributed by atoms with van der Waals surface area (Å²) in [6.45, 7) is -0.0433. The Balaban J connectivity index is 1.52. The molecular weight excluding hydrogens is 422 g/mol. The van der Waals surface area contributed by atoms with Crippen LogP contribution in [0.5, 0.6) is 5.75 Å². The fourth-order valence-corrected chi connectivity index (χ4v) is 4.51. The second-order valence-corrected chi connectivity index (χ2v) is 8.03. The zero-order valence-corrected chi connectivity index (χ0v) is 17.6. The lowest BCUT2D eigenvalue weighted by Gasteiger charge is -2.10. The number of hydrogen-bond donors (Lipinski definition) is 0. The van der Waals surface area contributed by atoms with Crippen molar-refractivity contribution in [1.82, 2.24) is 4.98 Å². The van der Waals surface area contributed by atoms with Crippen molar-refractivity contribution >= 4 is 40.0 Å². The summed E-state index contributed by atoms with van der Waals surface area (Å²) in [6, 6.07) is 13.8. The van der Waals surface area contributed by atoms with Gasteiger partial charge in [-0.15, -0.1) is 23.1 Å². The number of ether oxygens (including phenoxy) is 2. The number of benzene rings is 2. The zero-order chi connectivity index (χ0) is 20.9. The monoisotopic (exact) mass is 439 g/mol. The average molecular weight is 440 g/mol. The fraction of sp³-hybridized carbons (Fsp3) is 0.136. The molecule has 0 unspecified atom stereocenters. The Morgan fingerprint density at radius 1 is 1.20 bits per heavy atom. The highest BCUT2D eigenvalue weighted by molar-refractivity contribution is 7.98. The SMILES string of the molecule is COc1ccc2c(COC(=O)c3ccccc3SCc3cscn3)cc(=O)oc2c1. The molecular formula is C22H17NO5S2. The van der Waals surface area contributed by atoms with Gasteiger partial charge >= 0.3 is 11.6 Å². The van der Waals surface area contributed by atoms with Crippen LogP contribution in [0.4, 0.5) is 0 Å². The van der Waals surface area contributed by atoms with E-state index in [0.717, 1.165) is 10.6 Å². The highest BCUT2D eigenvalue weighted by atomic mass is 32.2. The van der Waals surface area contributed by atoms with Crippen LogP contribution in [-0.4, -0.2) is 18.1 Å². The molecule has 0 atom stereocenters. The van der Waals surface area contributed by atoms with Gasteiger partial charge in [-0.1, -0.05) is 12.1 Å². The zero-order valence-electron chi connectivity index (χ0n) is 16.0. The van der Waals surface area contributed by atoms with Crippen LogP contribution < -0.4 is 10.4 Å². The van der Waals surface area contributed by atoms with Crippen molar-refractivity contribution < 1.29 is 18.7 Å². The van der Waals surface area contributed by atoms with Crippen LogP contribution in [0.3, 0.4) is 0 Å². The van der Waals surface area contributed by atoms with E-state index in [-0.39, 0.29) is 6.61 Å². The van der Waals surface area contributed by atoms with E-state index in [4.69, 9.17) is 13.9 Å². The van der Waals surface area contributed by atoms with Crippen LogP contribution in [0.25, 0.3) is 11.0 Å². The van der Waals surface area contributed by atoms with E-state index in [1.165, 1.54) is 36.3 Å². The van der Waals surface area contributed by atoms with Gasteiger partial charge < -0.3 is 13.9 Å². The van der Waals surface area contributed by atoms with Gasteiger partial charge in [0.2, 0.25) is 0 Å². The van der Waals surface area contributed by atoms with Crippen LogP contribution >= 0.6 is 23.1 Å². The minimum atomic E-state index is -0.513. The van der Waals surface area contributed by atoms with Gasteiger partial charge in [0.1, 0.15) is 17.9 Å². The third-order valence-electron chi connectivity index (χ3n) is 4.36. The molecule has 0 aliphatic rings. The molecule has 30 heavy (non-hydrogen) atoms. The number of esters is 1. The third kappa shape index (κ3) is 4.55. The number of aromatic nitrogens is 1. The molecule has 2 aromatic heterocycles. The van der Waals surface area contributed by atoms with Crippen molar-refractivity contribution in [3.05, 3.63) is 86.7 Å². The van der Waals surface area contributed by atoms with Crippen LogP contribution in [-0.2, 0) is 17.1 Å². The topological polar surface area (TPSA) is 78.6 Å². The summed E-state index contributed by atoms with van der Waals surface area (Å²) in [5.41, 5.74) is 3.67. The first-order chi connectivity index (χ1) is 14.6. The molecule has 4 aromatic rings. The first-order valence-electron chi connectivity index (χ1n) is 9.01. The number of nitrogens with zero attached hydrogens (tertiary/aromatic N) is 1. The molecule has 0 amide bonds. The smallest absolute Gasteiger partial charge is 0.339 e. The second kappa shape index (κ2) is 9.15. The standard InChI is InChI=1S/C22H17NO5S2/c1-26-16-6-7-17-14(8-21(24)28-19(17)9-16)10-27-22(25)18-4-2-3-5-20(18)30-12-15-11-29-13-23-15/h2-9,11,13H,10,12H2,1H3. The highest BCUT2D eigenvalue weighted by Gasteiger charge is 2.15. The molecule has 0 saturated carbocycles. The van der Waals surface area contributed by atoms with Gasteiger partial charge in [-0.05, 0) is 24.3 Å². The number of thiazole rings is 1. The Hall–Kier alpha value is -3.10. The number of methoxy groups -OCH3 is 1. The maximum Gasteiger partial charge on any atom is 0.339 e. The molecule has 0 aliphatic heterocycles. The van der Waals surface area contributed by atoms with Gasteiger partial charge in [0.15, 0.2) is 0 Å². The van der Waals surface area contributed by atoms with Crippen LogP contribution in [0.1, 0.15) is 21.6 Å². The third-order valence-corrected chi connectivity index (χ3v) is 6.10. The van der Waals surface area contributed by atoms with E-state index in [1.807, 2.05) is 17.5 Å². The van der Waals surface area contributed by atoms with E-state index < -0.39 is 11.6 Å². The number of carbonyl (C=O) groups excluding carboxylic acids is 1. The van der Waals surface area contributed by atoms with Crippen molar-refractivity contribution in [3.63, 3.8) is 0 Å². The number of hydrogen-bond acceptors (Lipinski definition) is 8. The summed E-state index contributed by atoms with van der Waals surface area (Å²) in [5, 5.41) is 2.67. The molecule has 2 heterocycles. The number of thioether (sulfide) groups is 1. The van der Waals surface area contributed by atoms with Gasteiger partial charge in [-0.25, -0.2) is 14.6 Å². The molecule has 0 radical (unpaired) electrons. The van der Waals surface area contributed by atoms with Crippen LogP contribution in [0.15, 0.2) is 73.5 Å². The Kier molecular flexibility index (Phi) is 6.15. The number of fused-ring (bicyclic) bond motifs is 1. The lowest BCUT2D eigenvalue weighted by Crippen LogP contribution is -2.09. The Bertz CT molecular complexity index is 1230. The van der Waals surface area contributed by atoms with Crippen molar-refractivity contribution in [3.8, 4) is 5.75 Å². The first kappa shape index (κ1) is 20.2. The summed E-state index contributed by atoms with van der Waals surface area (Å²) in [4.78, 5) is 29.7. The summed E-state index contributed by atoms with van der Waals surface area (Å²) in [6.07, 6.45) is 0. The molecule has 6 nitrogen and oxygen atoms in total. The fourth-order valence-electron chi connectivity index (χ4n) is 2.90. The lowest BCUT2D eigenvalue weighted by molar-refractivity contribution is 0.0469. The normalized spacial score (nSPS) is 10.8. The van der Waals surface area contributed by atoms with Gasteiger partial charge in [0, 0.05) is 39.1 Å². The van der Waals surface area contributed by atoms with E-state index >= 15 is 0 Å². The molecule has 0 bridgehead atoms. The summed E-state index contributed by atoms with van der Waals surface area (Å²) < 4.78 is 15.9. The molecule has 0 saturated heterocycles. The maximum absolute atomic E-state index is 12.8.